The minimum absolute atomic E-state index is 0.0529. The number of piperazine rings is 1. The number of H-pyrrole nitrogens is 1. The van der Waals surface area contributed by atoms with Gasteiger partial charge in [-0.3, -0.25) is 14.9 Å². The van der Waals surface area contributed by atoms with Crippen molar-refractivity contribution in [1.29, 1.82) is 0 Å². The SMILES string of the molecule is Cc1ccc2[nH]c(C)c(CC(=O)N3CCN(S(=O)(=O)c4cccc([N+](=O)[O-])c4)CC3)c2c1. The summed E-state index contributed by atoms with van der Waals surface area (Å²) >= 11 is 0. The fraction of sp³-hybridized carbons (Fsp3) is 0.318. The van der Waals surface area contributed by atoms with E-state index >= 15 is 0 Å². The molecule has 1 aliphatic rings. The van der Waals surface area contributed by atoms with Crippen LogP contribution in [0.3, 0.4) is 0 Å². The molecule has 0 aliphatic carbocycles. The van der Waals surface area contributed by atoms with E-state index in [9.17, 15) is 23.3 Å². The van der Waals surface area contributed by atoms with E-state index in [4.69, 9.17) is 0 Å². The number of amides is 1. The van der Waals surface area contributed by atoms with E-state index < -0.39 is 14.9 Å². The van der Waals surface area contributed by atoms with Crippen molar-refractivity contribution >= 4 is 32.5 Å². The Morgan fingerprint density at radius 1 is 1.09 bits per heavy atom. The van der Waals surface area contributed by atoms with Gasteiger partial charge in [0.25, 0.3) is 5.69 Å². The number of rotatable bonds is 5. The first-order valence-electron chi connectivity index (χ1n) is 10.3. The highest BCUT2D eigenvalue weighted by atomic mass is 32.2. The van der Waals surface area contributed by atoms with Gasteiger partial charge >= 0.3 is 0 Å². The van der Waals surface area contributed by atoms with Crippen LogP contribution in [0, 0.1) is 24.0 Å². The highest BCUT2D eigenvalue weighted by Gasteiger charge is 2.31. The van der Waals surface area contributed by atoms with E-state index in [0.29, 0.717) is 0 Å². The number of carbonyl (C=O) groups excluding carboxylic acids is 1. The second kappa shape index (κ2) is 8.36. The Kier molecular flexibility index (Phi) is 5.74. The highest BCUT2D eigenvalue weighted by molar-refractivity contribution is 7.89. The quantitative estimate of drug-likeness (QED) is 0.468. The van der Waals surface area contributed by atoms with Crippen LogP contribution in [0.5, 0.6) is 0 Å². The van der Waals surface area contributed by atoms with Crippen molar-refractivity contribution in [1.82, 2.24) is 14.2 Å². The van der Waals surface area contributed by atoms with Crippen LogP contribution in [-0.2, 0) is 21.2 Å². The van der Waals surface area contributed by atoms with Gasteiger partial charge in [0.05, 0.1) is 16.2 Å². The van der Waals surface area contributed by atoms with Crippen molar-refractivity contribution in [3.8, 4) is 0 Å². The van der Waals surface area contributed by atoms with Crippen LogP contribution in [0.1, 0.15) is 16.8 Å². The van der Waals surface area contributed by atoms with Gasteiger partial charge in [-0.15, -0.1) is 0 Å². The van der Waals surface area contributed by atoms with Crippen LogP contribution in [-0.4, -0.2) is 59.6 Å². The third-order valence-corrected chi connectivity index (χ3v) is 7.76. The van der Waals surface area contributed by atoms with Crippen molar-refractivity contribution in [2.24, 2.45) is 0 Å². The van der Waals surface area contributed by atoms with Gasteiger partial charge in [0, 0.05) is 54.9 Å². The molecule has 1 amide bonds. The van der Waals surface area contributed by atoms with Gasteiger partial charge in [0.15, 0.2) is 0 Å². The maximum atomic E-state index is 13.0. The molecule has 0 unspecified atom stereocenters. The van der Waals surface area contributed by atoms with Gasteiger partial charge in [-0.05, 0) is 37.6 Å². The largest absolute Gasteiger partial charge is 0.358 e. The number of nitro groups is 1. The number of nitrogens with zero attached hydrogens (tertiary/aromatic N) is 3. The average Bonchev–Trinajstić information content (AvgIpc) is 3.08. The molecule has 0 saturated carbocycles. The van der Waals surface area contributed by atoms with Crippen molar-refractivity contribution in [3.05, 3.63) is 69.4 Å². The lowest BCUT2D eigenvalue weighted by Gasteiger charge is -2.34. The Hall–Kier alpha value is -3.24. The lowest BCUT2D eigenvalue weighted by atomic mass is 10.0. The number of benzene rings is 2. The van der Waals surface area contributed by atoms with Crippen LogP contribution >= 0.6 is 0 Å². The standard InChI is InChI=1S/C22H24N4O5S/c1-15-6-7-21-20(12-15)19(16(2)23-21)14-22(27)24-8-10-25(11-9-24)32(30,31)18-5-3-4-17(13-18)26(28)29/h3-7,12-13,23H,8-11,14H2,1-2H3. The number of nitro benzene ring substituents is 1. The fourth-order valence-corrected chi connectivity index (χ4v) is 5.53. The Morgan fingerprint density at radius 3 is 2.50 bits per heavy atom. The monoisotopic (exact) mass is 456 g/mol. The van der Waals surface area contributed by atoms with E-state index in [2.05, 4.69) is 11.1 Å². The van der Waals surface area contributed by atoms with Gasteiger partial charge in [0.2, 0.25) is 15.9 Å². The molecule has 32 heavy (non-hydrogen) atoms. The number of aryl methyl sites for hydroxylation is 2. The van der Waals surface area contributed by atoms with Crippen LogP contribution in [0.4, 0.5) is 5.69 Å². The number of hydrogen-bond acceptors (Lipinski definition) is 5. The number of sulfonamides is 1. The molecule has 9 nitrogen and oxygen atoms in total. The number of hydrogen-bond donors (Lipinski definition) is 1. The Balaban J connectivity index is 1.45. The first-order chi connectivity index (χ1) is 15.2. The molecule has 1 fully saturated rings. The predicted molar refractivity (Wildman–Crippen MR) is 120 cm³/mol. The topological polar surface area (TPSA) is 117 Å². The molecule has 1 aliphatic heterocycles. The third-order valence-electron chi connectivity index (χ3n) is 5.86. The summed E-state index contributed by atoms with van der Waals surface area (Å²) in [4.78, 5) is 28.2. The molecule has 0 atom stereocenters. The van der Waals surface area contributed by atoms with E-state index in [1.165, 1.54) is 22.5 Å². The summed E-state index contributed by atoms with van der Waals surface area (Å²) in [5.41, 5.74) is 3.74. The van der Waals surface area contributed by atoms with Gasteiger partial charge in [-0.2, -0.15) is 4.31 Å². The molecule has 168 valence electrons. The summed E-state index contributed by atoms with van der Waals surface area (Å²) in [6.07, 6.45) is 0.243. The smallest absolute Gasteiger partial charge is 0.270 e. The first kappa shape index (κ1) is 22.0. The van der Waals surface area contributed by atoms with Crippen LogP contribution in [0.2, 0.25) is 0 Å². The second-order valence-electron chi connectivity index (χ2n) is 7.99. The molecule has 0 bridgehead atoms. The molecule has 2 aromatic carbocycles. The molecular formula is C22H24N4O5S. The molecule has 4 rings (SSSR count). The second-order valence-corrected chi connectivity index (χ2v) is 9.93. The Labute approximate surface area is 185 Å². The fourth-order valence-electron chi connectivity index (χ4n) is 4.07. The number of aromatic nitrogens is 1. The van der Waals surface area contributed by atoms with E-state index in [-0.39, 0.29) is 49.1 Å². The van der Waals surface area contributed by atoms with Crippen molar-refractivity contribution in [2.45, 2.75) is 25.2 Å². The zero-order valence-corrected chi connectivity index (χ0v) is 18.7. The Morgan fingerprint density at radius 2 is 1.81 bits per heavy atom. The van der Waals surface area contributed by atoms with E-state index in [0.717, 1.165) is 33.8 Å². The summed E-state index contributed by atoms with van der Waals surface area (Å²) in [6, 6.07) is 11.1. The van der Waals surface area contributed by atoms with Gasteiger partial charge in [0.1, 0.15) is 0 Å². The maximum Gasteiger partial charge on any atom is 0.270 e. The number of aromatic amines is 1. The predicted octanol–water partition coefficient (Wildman–Crippen LogP) is 2.77. The van der Waals surface area contributed by atoms with Gasteiger partial charge in [-0.1, -0.05) is 17.7 Å². The minimum atomic E-state index is -3.87. The lowest BCUT2D eigenvalue weighted by molar-refractivity contribution is -0.385. The van der Waals surface area contributed by atoms with Crippen LogP contribution in [0.25, 0.3) is 10.9 Å². The summed E-state index contributed by atoms with van der Waals surface area (Å²) < 4.78 is 27.1. The first-order valence-corrected chi connectivity index (χ1v) is 11.7. The average molecular weight is 457 g/mol. The van der Waals surface area contributed by atoms with Crippen LogP contribution in [0.15, 0.2) is 47.4 Å². The molecule has 0 spiro atoms. The van der Waals surface area contributed by atoms with Crippen molar-refractivity contribution in [2.75, 3.05) is 26.2 Å². The van der Waals surface area contributed by atoms with Crippen molar-refractivity contribution in [3.63, 3.8) is 0 Å². The molecule has 1 N–H and O–H groups in total. The van der Waals surface area contributed by atoms with E-state index in [1.54, 1.807) is 4.90 Å². The number of non-ortho nitro benzene ring substituents is 1. The third kappa shape index (κ3) is 4.11. The minimum Gasteiger partial charge on any atom is -0.358 e. The summed E-state index contributed by atoms with van der Waals surface area (Å²) in [6.45, 7) is 4.78. The lowest BCUT2D eigenvalue weighted by Crippen LogP contribution is -2.50. The zero-order chi connectivity index (χ0) is 23.0. The van der Waals surface area contributed by atoms with Crippen LogP contribution < -0.4 is 0 Å². The summed E-state index contributed by atoms with van der Waals surface area (Å²) in [5, 5.41) is 12.0. The number of carbonyl (C=O) groups is 1. The molecule has 1 saturated heterocycles. The number of fused-ring (bicyclic) bond motifs is 1. The molecule has 0 radical (unpaired) electrons. The van der Waals surface area contributed by atoms with Gasteiger partial charge < -0.3 is 9.88 Å². The maximum absolute atomic E-state index is 13.0. The molecule has 1 aromatic heterocycles. The molecular weight excluding hydrogens is 432 g/mol. The Bertz CT molecular complexity index is 1310. The van der Waals surface area contributed by atoms with Crippen molar-refractivity contribution < 1.29 is 18.1 Å². The highest BCUT2D eigenvalue weighted by Crippen LogP contribution is 2.25. The summed E-state index contributed by atoms with van der Waals surface area (Å²) in [7, 11) is -3.87. The molecule has 10 heteroatoms. The molecule has 3 aromatic rings. The normalized spacial score (nSPS) is 15.2. The van der Waals surface area contributed by atoms with Gasteiger partial charge in [-0.25, -0.2) is 8.42 Å². The number of nitrogens with one attached hydrogen (secondary N) is 1. The molecule has 2 heterocycles. The van der Waals surface area contributed by atoms with E-state index in [1.807, 2.05) is 26.0 Å². The summed E-state index contributed by atoms with van der Waals surface area (Å²) in [5.74, 6) is -0.0529. The zero-order valence-electron chi connectivity index (χ0n) is 17.9.